The molecule has 0 saturated carbocycles. The number of hydrogen-bond donors (Lipinski definition) is 2. The summed E-state index contributed by atoms with van der Waals surface area (Å²) >= 11 is 1.59. The van der Waals surface area contributed by atoms with Gasteiger partial charge in [0.15, 0.2) is 0 Å². The number of ether oxygens (including phenoxy) is 1. The van der Waals surface area contributed by atoms with Crippen LogP contribution in [0.3, 0.4) is 0 Å². The van der Waals surface area contributed by atoms with Crippen LogP contribution in [0.1, 0.15) is 63.4 Å². The Balaban J connectivity index is 2.93. The van der Waals surface area contributed by atoms with E-state index in [9.17, 15) is 14.4 Å². The van der Waals surface area contributed by atoms with E-state index in [1.165, 1.54) is 7.11 Å². The second-order valence-corrected chi connectivity index (χ2v) is 9.83. The number of nitrogens with one attached hydrogen (secondary N) is 2. The standard InChI is InChI=1S/C23H36N2O4S/c1-15(2)14-19(21(27)24-18(12-13-30-7)22(28)29-6)25-20(26)16-8-10-17(11-9-16)23(3,4)5/h8-11,15,18-19H,12-14H2,1-7H3,(H,24,27)(H,25,26)/t18-,19+/m1/s1. The fraction of sp³-hybridized carbons (Fsp3) is 0.609. The van der Waals surface area contributed by atoms with E-state index in [0.29, 0.717) is 24.2 Å². The molecule has 2 amide bonds. The molecule has 0 aliphatic rings. The lowest BCUT2D eigenvalue weighted by atomic mass is 9.86. The zero-order valence-electron chi connectivity index (χ0n) is 19.2. The minimum atomic E-state index is -0.735. The summed E-state index contributed by atoms with van der Waals surface area (Å²) in [5.74, 6) is -0.270. The zero-order valence-corrected chi connectivity index (χ0v) is 20.0. The SMILES string of the molecule is COC(=O)[C@@H](CCSC)NC(=O)[C@H](CC(C)C)NC(=O)c1ccc(C(C)(C)C)cc1. The van der Waals surface area contributed by atoms with Crippen LogP contribution in [0, 0.1) is 5.92 Å². The van der Waals surface area contributed by atoms with E-state index >= 15 is 0 Å². The molecule has 6 nitrogen and oxygen atoms in total. The molecule has 0 fully saturated rings. The number of methoxy groups -OCH3 is 1. The number of carbonyl (C=O) groups excluding carboxylic acids is 3. The lowest BCUT2D eigenvalue weighted by Gasteiger charge is -2.23. The highest BCUT2D eigenvalue weighted by Gasteiger charge is 2.28. The summed E-state index contributed by atoms with van der Waals surface area (Å²) in [6.07, 6.45) is 2.87. The molecule has 0 radical (unpaired) electrons. The van der Waals surface area contributed by atoms with E-state index in [0.717, 1.165) is 5.56 Å². The van der Waals surface area contributed by atoms with Crippen molar-refractivity contribution in [2.75, 3.05) is 19.1 Å². The molecule has 1 aromatic rings. The Morgan fingerprint density at radius 2 is 1.63 bits per heavy atom. The highest BCUT2D eigenvalue weighted by atomic mass is 32.2. The predicted molar refractivity (Wildman–Crippen MR) is 123 cm³/mol. The number of amides is 2. The fourth-order valence-electron chi connectivity index (χ4n) is 2.97. The Bertz CT molecular complexity index is 711. The number of thioether (sulfide) groups is 1. The molecule has 2 N–H and O–H groups in total. The van der Waals surface area contributed by atoms with Gasteiger partial charge in [-0.15, -0.1) is 0 Å². The van der Waals surface area contributed by atoms with Crippen LogP contribution in [0.2, 0.25) is 0 Å². The van der Waals surface area contributed by atoms with Crippen molar-refractivity contribution in [1.82, 2.24) is 10.6 Å². The molecule has 0 aliphatic carbocycles. The summed E-state index contributed by atoms with van der Waals surface area (Å²) in [6, 6.07) is 5.95. The Labute approximate surface area is 184 Å². The summed E-state index contributed by atoms with van der Waals surface area (Å²) in [6.45, 7) is 10.3. The molecule has 0 unspecified atom stereocenters. The molecule has 0 saturated heterocycles. The summed E-state index contributed by atoms with van der Waals surface area (Å²) < 4.78 is 4.81. The minimum Gasteiger partial charge on any atom is -0.467 e. The van der Waals surface area contributed by atoms with E-state index in [1.807, 2.05) is 32.2 Å². The number of carbonyl (C=O) groups is 3. The molecule has 0 aliphatic heterocycles. The van der Waals surface area contributed by atoms with E-state index in [4.69, 9.17) is 4.74 Å². The third kappa shape index (κ3) is 8.38. The first-order valence-electron chi connectivity index (χ1n) is 10.3. The molecule has 30 heavy (non-hydrogen) atoms. The molecule has 1 rings (SSSR count). The fourth-order valence-corrected chi connectivity index (χ4v) is 3.44. The smallest absolute Gasteiger partial charge is 0.328 e. The first-order chi connectivity index (χ1) is 14.0. The van der Waals surface area contributed by atoms with Gasteiger partial charge in [0, 0.05) is 5.56 Å². The number of rotatable bonds is 10. The van der Waals surface area contributed by atoms with Crippen LogP contribution in [0.4, 0.5) is 0 Å². The Morgan fingerprint density at radius 1 is 1.03 bits per heavy atom. The number of benzene rings is 1. The molecule has 0 bridgehead atoms. The maximum atomic E-state index is 12.9. The third-order valence-corrected chi connectivity index (χ3v) is 5.40. The Morgan fingerprint density at radius 3 is 2.10 bits per heavy atom. The van der Waals surface area contributed by atoms with Crippen molar-refractivity contribution >= 4 is 29.5 Å². The quantitative estimate of drug-likeness (QED) is 0.548. The maximum absolute atomic E-state index is 12.9. The van der Waals surface area contributed by atoms with Crippen molar-refractivity contribution in [3.8, 4) is 0 Å². The first-order valence-corrected chi connectivity index (χ1v) is 11.7. The second-order valence-electron chi connectivity index (χ2n) is 8.85. The van der Waals surface area contributed by atoms with E-state index < -0.39 is 18.1 Å². The summed E-state index contributed by atoms with van der Waals surface area (Å²) in [5, 5.41) is 5.58. The maximum Gasteiger partial charge on any atom is 0.328 e. The number of esters is 1. The van der Waals surface area contributed by atoms with Crippen LogP contribution in [0.15, 0.2) is 24.3 Å². The van der Waals surface area contributed by atoms with Crippen LogP contribution in [-0.2, 0) is 19.7 Å². The predicted octanol–water partition coefficient (Wildman–Crippen LogP) is 3.54. The molecule has 0 heterocycles. The van der Waals surface area contributed by atoms with Gasteiger partial charge in [0.05, 0.1) is 7.11 Å². The molecular formula is C23H36N2O4S. The van der Waals surface area contributed by atoms with Crippen LogP contribution in [0.25, 0.3) is 0 Å². The van der Waals surface area contributed by atoms with Gasteiger partial charge < -0.3 is 15.4 Å². The van der Waals surface area contributed by atoms with Gasteiger partial charge in [-0.25, -0.2) is 4.79 Å². The van der Waals surface area contributed by atoms with Crippen molar-refractivity contribution in [3.63, 3.8) is 0 Å². The van der Waals surface area contributed by atoms with Crippen molar-refractivity contribution < 1.29 is 19.1 Å². The summed E-state index contributed by atoms with van der Waals surface area (Å²) in [5.41, 5.74) is 1.62. The first kappa shape index (κ1) is 26.0. The van der Waals surface area contributed by atoms with Gasteiger partial charge in [-0.05, 0) is 53.9 Å². The largest absolute Gasteiger partial charge is 0.467 e. The van der Waals surface area contributed by atoms with Gasteiger partial charge in [0.1, 0.15) is 12.1 Å². The van der Waals surface area contributed by atoms with Gasteiger partial charge in [0.25, 0.3) is 5.91 Å². The van der Waals surface area contributed by atoms with Crippen molar-refractivity contribution in [1.29, 1.82) is 0 Å². The zero-order chi connectivity index (χ0) is 22.9. The Hall–Kier alpha value is -2.02. The van der Waals surface area contributed by atoms with Crippen LogP contribution in [0.5, 0.6) is 0 Å². The monoisotopic (exact) mass is 436 g/mol. The van der Waals surface area contributed by atoms with Gasteiger partial charge >= 0.3 is 5.97 Å². The normalized spacial score (nSPS) is 13.5. The molecular weight excluding hydrogens is 400 g/mol. The summed E-state index contributed by atoms with van der Waals surface area (Å²) in [7, 11) is 1.30. The van der Waals surface area contributed by atoms with Gasteiger partial charge in [-0.3, -0.25) is 9.59 Å². The van der Waals surface area contributed by atoms with E-state index in [1.54, 1.807) is 23.9 Å². The lowest BCUT2D eigenvalue weighted by Crippen LogP contribution is -2.52. The van der Waals surface area contributed by atoms with E-state index in [-0.39, 0.29) is 23.1 Å². The van der Waals surface area contributed by atoms with Crippen molar-refractivity contribution in [3.05, 3.63) is 35.4 Å². The number of hydrogen-bond acceptors (Lipinski definition) is 5. The second kappa shape index (κ2) is 12.0. The molecule has 0 spiro atoms. The highest BCUT2D eigenvalue weighted by Crippen LogP contribution is 2.22. The lowest BCUT2D eigenvalue weighted by molar-refractivity contribution is -0.145. The topological polar surface area (TPSA) is 84.5 Å². The van der Waals surface area contributed by atoms with Gasteiger partial charge in [0.2, 0.25) is 5.91 Å². The average Bonchev–Trinajstić information content (AvgIpc) is 2.68. The van der Waals surface area contributed by atoms with Gasteiger partial charge in [-0.2, -0.15) is 11.8 Å². The molecule has 7 heteroatoms. The van der Waals surface area contributed by atoms with Crippen LogP contribution >= 0.6 is 11.8 Å². The van der Waals surface area contributed by atoms with Crippen molar-refractivity contribution in [2.24, 2.45) is 5.92 Å². The van der Waals surface area contributed by atoms with Crippen LogP contribution in [-0.4, -0.2) is 49.0 Å². The summed E-state index contributed by atoms with van der Waals surface area (Å²) in [4.78, 5) is 37.7. The molecule has 1 aromatic carbocycles. The molecule has 2 atom stereocenters. The highest BCUT2D eigenvalue weighted by molar-refractivity contribution is 7.98. The molecule has 0 aromatic heterocycles. The molecule has 168 valence electrons. The van der Waals surface area contributed by atoms with Gasteiger partial charge in [-0.1, -0.05) is 46.8 Å². The minimum absolute atomic E-state index is 0.00521. The third-order valence-electron chi connectivity index (χ3n) is 4.75. The van der Waals surface area contributed by atoms with Crippen LogP contribution < -0.4 is 10.6 Å². The Kier molecular flexibility index (Phi) is 10.4. The average molecular weight is 437 g/mol. The van der Waals surface area contributed by atoms with Crippen molar-refractivity contribution in [2.45, 2.75) is 65.0 Å². The van der Waals surface area contributed by atoms with E-state index in [2.05, 4.69) is 31.4 Å².